The Kier molecular flexibility index (Phi) is 21.1. The molecule has 0 aromatic carbocycles. The van der Waals surface area contributed by atoms with Gasteiger partial charge in [-0.15, -0.1) is 12.2 Å². The van der Waals surface area contributed by atoms with Gasteiger partial charge in [0.1, 0.15) is 0 Å². The van der Waals surface area contributed by atoms with Crippen molar-refractivity contribution in [2.45, 2.75) is 39.9 Å². The van der Waals surface area contributed by atoms with Crippen LogP contribution in [0.3, 0.4) is 0 Å². The number of hydrogen-bond donors (Lipinski definition) is 0. The molecule has 0 saturated carbocycles. The van der Waals surface area contributed by atoms with E-state index in [4.69, 9.17) is 10.7 Å². The minimum absolute atomic E-state index is 0. The molecule has 0 atom stereocenters. The van der Waals surface area contributed by atoms with E-state index in [0.717, 1.165) is 0 Å². The maximum absolute atomic E-state index is 9.53. The van der Waals surface area contributed by atoms with Crippen LogP contribution >= 0.6 is 0 Å². The van der Waals surface area contributed by atoms with Gasteiger partial charge in [0.2, 0.25) is 0 Å². The molecule has 0 aromatic rings. The third-order valence-corrected chi connectivity index (χ3v) is 0. The summed E-state index contributed by atoms with van der Waals surface area (Å²) >= 11 is -4.08. The first-order valence-electron chi connectivity index (χ1n) is 3.39. The Labute approximate surface area is 85.7 Å². The SMILES string of the molecule is CC(C)[O-].CC(C)[O-].[H+].[H+].[H+].[H+].[O]=[Ti]([O-])[O-]. The zero-order chi connectivity index (χ0) is 10.7. The second-order valence-corrected chi connectivity index (χ2v) is 3.13. The van der Waals surface area contributed by atoms with E-state index in [-0.39, 0.29) is 5.71 Å². The van der Waals surface area contributed by atoms with Crippen LogP contribution in [0.15, 0.2) is 0 Å². The van der Waals surface area contributed by atoms with Crippen LogP contribution in [0.2, 0.25) is 0 Å². The maximum atomic E-state index is 9.53. The monoisotopic (exact) mass is 218 g/mol. The van der Waals surface area contributed by atoms with Crippen molar-refractivity contribution < 1.29 is 45.2 Å². The summed E-state index contributed by atoms with van der Waals surface area (Å²) in [6.07, 6.45) is -0.833. The molecule has 76 valence electrons. The van der Waals surface area contributed by atoms with Crippen LogP contribution in [0.4, 0.5) is 0 Å². The zero-order valence-corrected chi connectivity index (χ0v) is 9.26. The minimum atomic E-state index is -4.08. The molecule has 0 aromatic heterocycles. The van der Waals surface area contributed by atoms with Gasteiger partial charge in [0.15, 0.2) is 0 Å². The van der Waals surface area contributed by atoms with Crippen molar-refractivity contribution in [1.29, 1.82) is 0 Å². The van der Waals surface area contributed by atoms with E-state index < -0.39 is 30.8 Å². The van der Waals surface area contributed by atoms with Crippen molar-refractivity contribution in [3.63, 3.8) is 0 Å². The molecule has 0 aliphatic rings. The van der Waals surface area contributed by atoms with E-state index >= 15 is 0 Å². The van der Waals surface area contributed by atoms with E-state index in [1.54, 1.807) is 27.7 Å². The molecule has 0 aliphatic carbocycles. The summed E-state index contributed by atoms with van der Waals surface area (Å²) in [4.78, 5) is 0. The second-order valence-electron chi connectivity index (χ2n) is 2.35. The zero-order valence-electron chi connectivity index (χ0n) is 11.7. The van der Waals surface area contributed by atoms with Crippen molar-refractivity contribution >= 4 is 0 Å². The van der Waals surface area contributed by atoms with Gasteiger partial charge in [-0.1, -0.05) is 27.7 Å². The molecule has 0 saturated heterocycles. The Hall–Kier alpha value is 0.354. The first kappa shape index (κ1) is 18.2. The molecule has 0 radical (unpaired) electrons. The Morgan fingerprint density at radius 2 is 1.00 bits per heavy atom. The molecule has 0 amide bonds. The third-order valence-electron chi connectivity index (χ3n) is 0. The summed E-state index contributed by atoms with van der Waals surface area (Å²) in [5, 5.41) is 19.1. The molecule has 0 unspecified atom stereocenters. The topological polar surface area (TPSA) is 109 Å². The van der Waals surface area contributed by atoms with Crippen molar-refractivity contribution in [2.75, 3.05) is 0 Å². The van der Waals surface area contributed by atoms with Crippen LogP contribution in [-0.2, 0) is 21.9 Å². The van der Waals surface area contributed by atoms with E-state index in [9.17, 15) is 10.2 Å². The van der Waals surface area contributed by atoms with Crippen LogP contribution in [-0.4, -0.2) is 12.2 Å². The fourth-order valence-electron chi connectivity index (χ4n) is 0. The van der Waals surface area contributed by atoms with Gasteiger partial charge in [-0.25, -0.2) is 0 Å². The Bertz CT molecular complexity index is 91.4. The average Bonchev–Trinajstić information content (AvgIpc) is 1.54. The molecule has 0 bridgehead atoms. The van der Waals surface area contributed by atoms with Crippen LogP contribution < -0.4 is 17.6 Å². The Morgan fingerprint density at radius 3 is 1.00 bits per heavy atom. The van der Waals surface area contributed by atoms with E-state index in [1.165, 1.54) is 0 Å². The van der Waals surface area contributed by atoms with E-state index in [0.29, 0.717) is 0 Å². The summed E-state index contributed by atoms with van der Waals surface area (Å²) in [6.45, 7) is 6.44. The third kappa shape index (κ3) is 7220. The van der Waals surface area contributed by atoms with Gasteiger partial charge in [0.25, 0.3) is 0 Å². The van der Waals surface area contributed by atoms with Gasteiger partial charge in [0, 0.05) is 0 Å². The molecular formula is C6H18O5Ti. The predicted octanol–water partition coefficient (Wildman–Crippen LogP) is -2.54. The molecular weight excluding hydrogens is 200 g/mol. The average molecular weight is 218 g/mol. The second kappa shape index (κ2) is 13.9. The van der Waals surface area contributed by atoms with Gasteiger partial charge in [-0.2, -0.15) is 0 Å². The molecule has 0 heterocycles. The summed E-state index contributed by atoms with van der Waals surface area (Å²) in [5.41, 5.74) is 0. The normalized spacial score (nSPS) is 8.17. The predicted molar refractivity (Wildman–Crippen MR) is 35.4 cm³/mol. The summed E-state index contributed by atoms with van der Waals surface area (Å²) in [6, 6.07) is 0. The molecule has 12 heavy (non-hydrogen) atoms. The molecule has 6 heteroatoms. The Morgan fingerprint density at radius 1 is 1.00 bits per heavy atom. The summed E-state index contributed by atoms with van der Waals surface area (Å²) in [7, 11) is 0. The molecule has 0 N–H and O–H groups in total. The first-order chi connectivity index (χ1) is 5.20. The molecule has 0 fully saturated rings. The van der Waals surface area contributed by atoms with Crippen molar-refractivity contribution in [3.8, 4) is 0 Å². The number of hydrogen-bond acceptors (Lipinski definition) is 5. The van der Waals surface area contributed by atoms with Gasteiger partial charge in [0.05, 0.1) is 0 Å². The van der Waals surface area contributed by atoms with Crippen LogP contribution in [0.1, 0.15) is 33.4 Å². The quantitative estimate of drug-likeness (QED) is 0.416. The van der Waals surface area contributed by atoms with Crippen molar-refractivity contribution in [3.05, 3.63) is 0 Å². The van der Waals surface area contributed by atoms with Gasteiger partial charge in [-0.05, 0) is 0 Å². The van der Waals surface area contributed by atoms with Crippen LogP contribution in [0.5, 0.6) is 0 Å². The molecule has 0 rings (SSSR count). The summed E-state index contributed by atoms with van der Waals surface area (Å²) in [5.74, 6) is 0. The molecule has 0 aliphatic heterocycles. The van der Waals surface area contributed by atoms with E-state index in [2.05, 4.69) is 0 Å². The van der Waals surface area contributed by atoms with Gasteiger partial charge in [-0.3, -0.25) is 0 Å². The first-order valence-corrected chi connectivity index (χ1v) is 5.31. The standard InChI is InChI=1S/2C3H7O.3O.Ti/c2*1-3(2)4;;;;/h2*3H,1-2H3;;;;/q2*-1;;2*-1;/p+4. The summed E-state index contributed by atoms with van der Waals surface area (Å²) < 4.78 is 25.8. The number of rotatable bonds is 0. The fraction of sp³-hybridized carbons (Fsp3) is 1.00. The van der Waals surface area contributed by atoms with E-state index in [1.807, 2.05) is 0 Å². The van der Waals surface area contributed by atoms with Gasteiger partial charge < -0.3 is 10.2 Å². The molecule has 0 spiro atoms. The van der Waals surface area contributed by atoms with Crippen LogP contribution in [0, 0.1) is 0 Å². The Balaban J connectivity index is -0.0000000135. The molecule has 5 nitrogen and oxygen atoms in total. The fourth-order valence-corrected chi connectivity index (χ4v) is 0. The van der Waals surface area contributed by atoms with Crippen molar-refractivity contribution in [1.82, 2.24) is 0 Å². The van der Waals surface area contributed by atoms with Crippen molar-refractivity contribution in [2.24, 2.45) is 0 Å². The van der Waals surface area contributed by atoms with Gasteiger partial charge >= 0.3 is 35.0 Å². The van der Waals surface area contributed by atoms with Crippen LogP contribution in [0.25, 0.3) is 0 Å².